The SMILES string of the molecule is CCC(C(=O)NC1CCCCC1)N(Cc1ccc(Cl)cc1)C(=O)CN(c1cc(Cl)ccc1C)S(C)(=O)=O. The van der Waals surface area contributed by atoms with E-state index in [-0.39, 0.29) is 18.5 Å². The number of anilines is 1. The summed E-state index contributed by atoms with van der Waals surface area (Å²) in [5.41, 5.74) is 1.77. The van der Waals surface area contributed by atoms with E-state index in [1.807, 2.05) is 6.92 Å². The number of rotatable bonds is 10. The molecule has 2 aromatic carbocycles. The minimum absolute atomic E-state index is 0.0874. The lowest BCUT2D eigenvalue weighted by molar-refractivity contribution is -0.140. The Balaban J connectivity index is 1.93. The van der Waals surface area contributed by atoms with Crippen molar-refractivity contribution in [1.29, 1.82) is 0 Å². The molecule has 2 aromatic rings. The number of carbonyl (C=O) groups excluding carboxylic acids is 2. The number of nitrogens with zero attached hydrogens (tertiary/aromatic N) is 2. The predicted molar refractivity (Wildman–Crippen MR) is 149 cm³/mol. The van der Waals surface area contributed by atoms with Crippen LogP contribution in [0.5, 0.6) is 0 Å². The molecule has 202 valence electrons. The first-order valence-electron chi connectivity index (χ1n) is 12.6. The van der Waals surface area contributed by atoms with Crippen molar-refractivity contribution in [3.05, 3.63) is 63.6 Å². The number of sulfonamides is 1. The van der Waals surface area contributed by atoms with Crippen LogP contribution in [0, 0.1) is 6.92 Å². The first-order valence-corrected chi connectivity index (χ1v) is 15.2. The molecule has 0 aromatic heterocycles. The fraction of sp³-hybridized carbons (Fsp3) is 0.481. The Hall–Kier alpha value is -2.29. The summed E-state index contributed by atoms with van der Waals surface area (Å²) in [7, 11) is -3.83. The monoisotopic (exact) mass is 567 g/mol. The molecule has 0 spiro atoms. The van der Waals surface area contributed by atoms with Crippen molar-refractivity contribution >= 4 is 50.7 Å². The van der Waals surface area contributed by atoms with Gasteiger partial charge in [-0.1, -0.05) is 67.6 Å². The van der Waals surface area contributed by atoms with Crippen molar-refractivity contribution < 1.29 is 18.0 Å². The van der Waals surface area contributed by atoms with Crippen molar-refractivity contribution in [3.8, 4) is 0 Å². The second-order valence-electron chi connectivity index (χ2n) is 9.62. The quantitative estimate of drug-likeness (QED) is 0.420. The minimum Gasteiger partial charge on any atom is -0.352 e. The van der Waals surface area contributed by atoms with Gasteiger partial charge in [-0.05, 0) is 61.6 Å². The normalized spacial score (nSPS) is 15.2. The maximum atomic E-state index is 13.8. The number of halogens is 2. The van der Waals surface area contributed by atoms with Gasteiger partial charge in [0.15, 0.2) is 0 Å². The van der Waals surface area contributed by atoms with Gasteiger partial charge in [-0.15, -0.1) is 0 Å². The molecule has 0 heterocycles. The lowest BCUT2D eigenvalue weighted by Crippen LogP contribution is -2.54. The summed E-state index contributed by atoms with van der Waals surface area (Å²) in [6.07, 6.45) is 6.57. The van der Waals surface area contributed by atoms with E-state index in [9.17, 15) is 18.0 Å². The molecule has 1 saturated carbocycles. The molecule has 1 atom stereocenters. The van der Waals surface area contributed by atoms with Crippen LogP contribution in [0.3, 0.4) is 0 Å². The molecule has 0 saturated heterocycles. The van der Waals surface area contributed by atoms with Gasteiger partial charge in [0, 0.05) is 22.6 Å². The standard InChI is InChI=1S/C27H35Cl2N3O4S/c1-4-24(27(34)30-23-8-6-5-7-9-23)31(17-20-11-14-21(28)15-12-20)26(33)18-32(37(3,35)36)25-16-22(29)13-10-19(25)2/h10-16,23-24H,4-9,17-18H2,1-3H3,(H,30,34). The summed E-state index contributed by atoms with van der Waals surface area (Å²) in [5, 5.41) is 4.05. The summed E-state index contributed by atoms with van der Waals surface area (Å²) in [6.45, 7) is 3.29. The van der Waals surface area contributed by atoms with Crippen LogP contribution in [0.15, 0.2) is 42.5 Å². The maximum Gasteiger partial charge on any atom is 0.244 e. The van der Waals surface area contributed by atoms with Crippen LogP contribution >= 0.6 is 23.2 Å². The molecule has 0 aliphatic heterocycles. The van der Waals surface area contributed by atoms with Crippen LogP contribution in [0.1, 0.15) is 56.6 Å². The molecule has 3 rings (SSSR count). The van der Waals surface area contributed by atoms with E-state index in [4.69, 9.17) is 23.2 Å². The molecule has 2 amide bonds. The van der Waals surface area contributed by atoms with Gasteiger partial charge in [-0.25, -0.2) is 8.42 Å². The van der Waals surface area contributed by atoms with Crippen molar-refractivity contribution in [1.82, 2.24) is 10.2 Å². The fourth-order valence-corrected chi connectivity index (χ4v) is 5.89. The predicted octanol–water partition coefficient (Wildman–Crippen LogP) is 5.32. The first kappa shape index (κ1) is 29.3. The zero-order valence-electron chi connectivity index (χ0n) is 21.5. The number of amides is 2. The Bertz CT molecular complexity index is 1200. The van der Waals surface area contributed by atoms with Crippen LogP contribution in [-0.2, 0) is 26.2 Å². The van der Waals surface area contributed by atoms with E-state index in [0.29, 0.717) is 27.7 Å². The molecule has 7 nitrogen and oxygen atoms in total. The minimum atomic E-state index is -3.83. The number of benzene rings is 2. The van der Waals surface area contributed by atoms with Crippen LogP contribution in [-0.4, -0.2) is 50.0 Å². The first-order chi connectivity index (χ1) is 17.5. The van der Waals surface area contributed by atoms with Gasteiger partial charge in [0.2, 0.25) is 21.8 Å². The van der Waals surface area contributed by atoms with E-state index in [0.717, 1.165) is 48.2 Å². The average Bonchev–Trinajstić information content (AvgIpc) is 2.85. The third-order valence-electron chi connectivity index (χ3n) is 6.72. The van der Waals surface area contributed by atoms with Gasteiger partial charge in [-0.3, -0.25) is 13.9 Å². The molecule has 1 fully saturated rings. The zero-order chi connectivity index (χ0) is 27.2. The summed E-state index contributed by atoms with van der Waals surface area (Å²) >= 11 is 12.2. The topological polar surface area (TPSA) is 86.8 Å². The van der Waals surface area contributed by atoms with Gasteiger partial charge in [0.1, 0.15) is 12.6 Å². The number of carbonyl (C=O) groups is 2. The Morgan fingerprint density at radius 2 is 1.65 bits per heavy atom. The molecule has 1 unspecified atom stereocenters. The van der Waals surface area contributed by atoms with Crippen LogP contribution in [0.25, 0.3) is 0 Å². The smallest absolute Gasteiger partial charge is 0.244 e. The second-order valence-corrected chi connectivity index (χ2v) is 12.4. The highest BCUT2D eigenvalue weighted by molar-refractivity contribution is 7.92. The number of hydrogen-bond donors (Lipinski definition) is 1. The Morgan fingerprint density at radius 1 is 1.03 bits per heavy atom. The molecule has 0 bridgehead atoms. The fourth-order valence-electron chi connectivity index (χ4n) is 4.70. The van der Waals surface area contributed by atoms with Crippen molar-refractivity contribution in [2.45, 2.75) is 71.0 Å². The van der Waals surface area contributed by atoms with Crippen LogP contribution in [0.2, 0.25) is 10.0 Å². The largest absolute Gasteiger partial charge is 0.352 e. The van der Waals surface area contributed by atoms with Gasteiger partial charge in [0.05, 0.1) is 11.9 Å². The van der Waals surface area contributed by atoms with Crippen molar-refractivity contribution in [2.75, 3.05) is 17.1 Å². The molecule has 1 aliphatic rings. The van der Waals surface area contributed by atoms with Gasteiger partial charge >= 0.3 is 0 Å². The maximum absolute atomic E-state index is 13.8. The lowest BCUT2D eigenvalue weighted by atomic mass is 9.95. The second kappa shape index (κ2) is 13.0. The van der Waals surface area contributed by atoms with Gasteiger partial charge < -0.3 is 10.2 Å². The molecule has 10 heteroatoms. The Morgan fingerprint density at radius 3 is 2.24 bits per heavy atom. The molecule has 1 N–H and O–H groups in total. The van der Waals surface area contributed by atoms with Crippen LogP contribution < -0.4 is 9.62 Å². The highest BCUT2D eigenvalue weighted by Crippen LogP contribution is 2.27. The third kappa shape index (κ3) is 8.09. The summed E-state index contributed by atoms with van der Waals surface area (Å²) in [4.78, 5) is 28.7. The highest BCUT2D eigenvalue weighted by atomic mass is 35.5. The molecule has 37 heavy (non-hydrogen) atoms. The summed E-state index contributed by atoms with van der Waals surface area (Å²) in [6, 6.07) is 11.3. The highest BCUT2D eigenvalue weighted by Gasteiger charge is 2.33. The Labute approximate surface area is 230 Å². The number of hydrogen-bond acceptors (Lipinski definition) is 4. The summed E-state index contributed by atoms with van der Waals surface area (Å²) < 4.78 is 26.7. The average molecular weight is 569 g/mol. The molecule has 1 aliphatic carbocycles. The molecular formula is C27H35Cl2N3O4S. The summed E-state index contributed by atoms with van der Waals surface area (Å²) in [5.74, 6) is -0.702. The number of aryl methyl sites for hydroxylation is 1. The zero-order valence-corrected chi connectivity index (χ0v) is 23.9. The Kier molecular flexibility index (Phi) is 10.3. The van der Waals surface area contributed by atoms with E-state index in [1.54, 1.807) is 43.3 Å². The van der Waals surface area contributed by atoms with E-state index >= 15 is 0 Å². The van der Waals surface area contributed by atoms with E-state index in [1.165, 1.54) is 11.0 Å². The van der Waals surface area contributed by atoms with Gasteiger partial charge in [-0.2, -0.15) is 0 Å². The third-order valence-corrected chi connectivity index (χ3v) is 8.34. The molecule has 0 radical (unpaired) electrons. The van der Waals surface area contributed by atoms with Crippen LogP contribution in [0.4, 0.5) is 5.69 Å². The van der Waals surface area contributed by atoms with Crippen molar-refractivity contribution in [3.63, 3.8) is 0 Å². The number of nitrogens with one attached hydrogen (secondary N) is 1. The van der Waals surface area contributed by atoms with Gasteiger partial charge in [0.25, 0.3) is 0 Å². The van der Waals surface area contributed by atoms with Crippen molar-refractivity contribution in [2.24, 2.45) is 0 Å². The molecular weight excluding hydrogens is 533 g/mol. The van der Waals surface area contributed by atoms with E-state index < -0.39 is 28.5 Å². The van der Waals surface area contributed by atoms with E-state index in [2.05, 4.69) is 5.32 Å². The lowest BCUT2D eigenvalue weighted by Gasteiger charge is -2.34.